The summed E-state index contributed by atoms with van der Waals surface area (Å²) in [6, 6.07) is 4.57. The number of benzene rings is 1. The molecule has 0 aliphatic rings. The number of hydrogen-bond acceptors (Lipinski definition) is 3. The van der Waals surface area contributed by atoms with Gasteiger partial charge in [-0.05, 0) is 30.7 Å². The van der Waals surface area contributed by atoms with E-state index in [0.29, 0.717) is 11.4 Å². The maximum Gasteiger partial charge on any atom is 0.335 e. The summed E-state index contributed by atoms with van der Waals surface area (Å²) in [6.45, 7) is 1.92. The maximum absolute atomic E-state index is 10.7. The van der Waals surface area contributed by atoms with Gasteiger partial charge in [-0.25, -0.2) is 9.48 Å². The van der Waals surface area contributed by atoms with Gasteiger partial charge in [0, 0.05) is 6.20 Å². The number of aromatic nitrogens is 2. The molecule has 0 unspecified atom stereocenters. The molecule has 0 radical (unpaired) electrons. The highest BCUT2D eigenvalue weighted by Gasteiger charge is 2.07. The third kappa shape index (κ3) is 1.75. The molecule has 1 heterocycles. The Labute approximate surface area is 92.1 Å². The van der Waals surface area contributed by atoms with Crippen LogP contribution in [0.15, 0.2) is 30.6 Å². The lowest BCUT2D eigenvalue weighted by Crippen LogP contribution is -2.03. The van der Waals surface area contributed by atoms with Crippen LogP contribution < -0.4 is 5.73 Å². The van der Waals surface area contributed by atoms with Crippen molar-refractivity contribution in [1.82, 2.24) is 9.78 Å². The van der Waals surface area contributed by atoms with Crippen molar-refractivity contribution in [2.24, 2.45) is 0 Å². The van der Waals surface area contributed by atoms with Crippen molar-refractivity contribution >= 4 is 11.7 Å². The molecule has 2 rings (SSSR count). The molecule has 1 aromatic carbocycles. The normalized spacial score (nSPS) is 10.3. The summed E-state index contributed by atoms with van der Waals surface area (Å²) in [7, 11) is 0. The number of nitrogens with two attached hydrogens (primary N) is 1. The number of carboxylic acids is 1. The van der Waals surface area contributed by atoms with Crippen molar-refractivity contribution < 1.29 is 9.90 Å². The topological polar surface area (TPSA) is 81.1 Å². The fourth-order valence-corrected chi connectivity index (χ4v) is 1.44. The molecule has 16 heavy (non-hydrogen) atoms. The number of carbonyl (C=O) groups is 1. The van der Waals surface area contributed by atoms with E-state index in [1.54, 1.807) is 16.9 Å². The molecular formula is C11H11N3O2. The zero-order valence-corrected chi connectivity index (χ0v) is 8.71. The summed E-state index contributed by atoms with van der Waals surface area (Å²) < 4.78 is 1.62. The lowest BCUT2D eigenvalue weighted by Gasteiger charge is -2.06. The van der Waals surface area contributed by atoms with Gasteiger partial charge in [-0.1, -0.05) is 0 Å². The van der Waals surface area contributed by atoms with Gasteiger partial charge in [0.1, 0.15) is 0 Å². The van der Waals surface area contributed by atoms with Gasteiger partial charge in [0.2, 0.25) is 0 Å². The van der Waals surface area contributed by atoms with Gasteiger partial charge in [0.25, 0.3) is 0 Å². The second-order valence-corrected chi connectivity index (χ2v) is 3.54. The zero-order chi connectivity index (χ0) is 11.7. The quantitative estimate of drug-likeness (QED) is 0.746. The Morgan fingerprint density at radius 1 is 1.50 bits per heavy atom. The Balaban J connectivity index is 2.47. The van der Waals surface area contributed by atoms with Crippen molar-refractivity contribution in [1.29, 1.82) is 0 Å². The van der Waals surface area contributed by atoms with Gasteiger partial charge in [0.15, 0.2) is 0 Å². The average molecular weight is 217 g/mol. The molecule has 2 aromatic rings. The highest BCUT2D eigenvalue weighted by Crippen LogP contribution is 2.18. The molecule has 82 valence electrons. The summed E-state index contributed by atoms with van der Waals surface area (Å²) in [5, 5.41) is 12.9. The summed E-state index contributed by atoms with van der Waals surface area (Å²) in [5.41, 5.74) is 8.03. The van der Waals surface area contributed by atoms with E-state index in [1.807, 2.05) is 13.1 Å². The lowest BCUT2D eigenvalue weighted by molar-refractivity contribution is 0.0697. The molecule has 3 N–H and O–H groups in total. The average Bonchev–Trinajstić information content (AvgIpc) is 2.64. The largest absolute Gasteiger partial charge is 0.478 e. The first kappa shape index (κ1) is 10.2. The molecule has 0 spiro atoms. The molecule has 0 aliphatic carbocycles. The molecule has 0 saturated carbocycles. The number of rotatable bonds is 2. The van der Waals surface area contributed by atoms with Crippen molar-refractivity contribution in [3.8, 4) is 5.69 Å². The third-order valence-corrected chi connectivity index (χ3v) is 2.23. The molecule has 0 bridgehead atoms. The number of aromatic carboxylic acids is 1. The van der Waals surface area contributed by atoms with Crippen LogP contribution in [-0.4, -0.2) is 20.9 Å². The van der Waals surface area contributed by atoms with E-state index in [1.165, 1.54) is 12.1 Å². The Bertz CT molecular complexity index is 546. The van der Waals surface area contributed by atoms with E-state index in [2.05, 4.69) is 5.10 Å². The van der Waals surface area contributed by atoms with Gasteiger partial charge < -0.3 is 10.8 Å². The molecule has 5 nitrogen and oxygen atoms in total. The summed E-state index contributed by atoms with van der Waals surface area (Å²) >= 11 is 0. The van der Waals surface area contributed by atoms with Crippen LogP contribution in [0.25, 0.3) is 5.69 Å². The van der Waals surface area contributed by atoms with Gasteiger partial charge in [-0.15, -0.1) is 0 Å². The maximum atomic E-state index is 10.7. The molecule has 0 aliphatic heterocycles. The minimum atomic E-state index is -0.991. The Hall–Kier alpha value is -2.30. The number of carboxylic acid groups (broad SMARTS) is 1. The van der Waals surface area contributed by atoms with Crippen LogP contribution in [0.4, 0.5) is 5.69 Å². The van der Waals surface area contributed by atoms with Crippen LogP contribution >= 0.6 is 0 Å². The summed E-state index contributed by atoms with van der Waals surface area (Å²) in [6.07, 6.45) is 3.54. The first-order valence-electron chi connectivity index (χ1n) is 4.72. The fraction of sp³-hybridized carbons (Fsp3) is 0.0909. The highest BCUT2D eigenvalue weighted by molar-refractivity contribution is 5.89. The molecule has 0 saturated heterocycles. The molecule has 0 amide bonds. The van der Waals surface area contributed by atoms with E-state index in [9.17, 15) is 4.79 Å². The smallest absolute Gasteiger partial charge is 0.335 e. The molecule has 0 atom stereocenters. The van der Waals surface area contributed by atoms with Crippen LogP contribution in [0.1, 0.15) is 15.9 Å². The number of hydrogen-bond donors (Lipinski definition) is 2. The van der Waals surface area contributed by atoms with Crippen molar-refractivity contribution in [3.63, 3.8) is 0 Å². The molecule has 5 heteroatoms. The Morgan fingerprint density at radius 2 is 2.25 bits per heavy atom. The molecule has 0 fully saturated rings. The number of aryl methyl sites for hydroxylation is 1. The minimum absolute atomic E-state index is 0.171. The predicted molar refractivity (Wildman–Crippen MR) is 59.7 cm³/mol. The fourth-order valence-electron chi connectivity index (χ4n) is 1.44. The van der Waals surface area contributed by atoms with Gasteiger partial charge in [-0.2, -0.15) is 5.10 Å². The number of nitrogens with zero attached hydrogens (tertiary/aromatic N) is 2. The van der Waals surface area contributed by atoms with E-state index in [0.717, 1.165) is 5.56 Å². The number of nitrogen functional groups attached to an aromatic ring is 1. The second-order valence-electron chi connectivity index (χ2n) is 3.54. The Kier molecular flexibility index (Phi) is 2.36. The standard InChI is InChI=1S/C11H11N3O2/c1-7-5-13-14(6-7)10-3-2-8(11(15)16)4-9(10)12/h2-6H,12H2,1H3,(H,15,16). The van der Waals surface area contributed by atoms with Crippen LogP contribution in [0.3, 0.4) is 0 Å². The molecule has 1 aromatic heterocycles. The summed E-state index contributed by atoms with van der Waals surface area (Å²) in [5.74, 6) is -0.991. The van der Waals surface area contributed by atoms with Crippen LogP contribution in [0.2, 0.25) is 0 Å². The van der Waals surface area contributed by atoms with Crippen molar-refractivity contribution in [2.75, 3.05) is 5.73 Å². The highest BCUT2D eigenvalue weighted by atomic mass is 16.4. The van der Waals surface area contributed by atoms with Crippen LogP contribution in [0, 0.1) is 6.92 Å². The first-order chi connectivity index (χ1) is 7.58. The lowest BCUT2D eigenvalue weighted by atomic mass is 10.2. The Morgan fingerprint density at radius 3 is 2.75 bits per heavy atom. The second kappa shape index (κ2) is 3.69. The van der Waals surface area contributed by atoms with Crippen LogP contribution in [0.5, 0.6) is 0 Å². The third-order valence-electron chi connectivity index (χ3n) is 2.23. The predicted octanol–water partition coefficient (Wildman–Crippen LogP) is 1.46. The van der Waals surface area contributed by atoms with E-state index in [-0.39, 0.29) is 5.56 Å². The van der Waals surface area contributed by atoms with Crippen molar-refractivity contribution in [2.45, 2.75) is 6.92 Å². The van der Waals surface area contributed by atoms with E-state index in [4.69, 9.17) is 10.8 Å². The SMILES string of the molecule is Cc1cnn(-c2ccc(C(=O)O)cc2N)c1. The number of anilines is 1. The van der Waals surface area contributed by atoms with E-state index < -0.39 is 5.97 Å². The zero-order valence-electron chi connectivity index (χ0n) is 8.71. The molecular weight excluding hydrogens is 206 g/mol. The minimum Gasteiger partial charge on any atom is -0.478 e. The monoisotopic (exact) mass is 217 g/mol. The van der Waals surface area contributed by atoms with Gasteiger partial charge >= 0.3 is 5.97 Å². The van der Waals surface area contributed by atoms with Crippen LogP contribution in [-0.2, 0) is 0 Å². The van der Waals surface area contributed by atoms with Crippen molar-refractivity contribution in [3.05, 3.63) is 41.7 Å². The van der Waals surface area contributed by atoms with Gasteiger partial charge in [-0.3, -0.25) is 0 Å². The van der Waals surface area contributed by atoms with E-state index >= 15 is 0 Å². The summed E-state index contributed by atoms with van der Waals surface area (Å²) in [4.78, 5) is 10.7. The first-order valence-corrected chi connectivity index (χ1v) is 4.72. The van der Waals surface area contributed by atoms with Gasteiger partial charge in [0.05, 0.1) is 23.1 Å².